The Bertz CT molecular complexity index is 780. The molecule has 3 heteroatoms. The number of allylic oxidation sites excluding steroid dienone is 3. The van der Waals surface area contributed by atoms with Crippen molar-refractivity contribution in [3.8, 4) is 0 Å². The van der Waals surface area contributed by atoms with E-state index in [1.54, 1.807) is 6.07 Å². The van der Waals surface area contributed by atoms with E-state index in [1.165, 1.54) is 12.2 Å². The zero-order valence-electron chi connectivity index (χ0n) is 14.2. The van der Waals surface area contributed by atoms with Crippen LogP contribution >= 0.6 is 0 Å². The van der Waals surface area contributed by atoms with Crippen LogP contribution in [0.25, 0.3) is 0 Å². The SMILES string of the molecule is C=C1CCC(=O)C(C)(C)C1CCc1ccc2c(c1)C(=O)C=CC2=O. The van der Waals surface area contributed by atoms with Gasteiger partial charge in [-0.2, -0.15) is 0 Å². The highest BCUT2D eigenvalue weighted by molar-refractivity contribution is 6.22. The zero-order chi connectivity index (χ0) is 17.5. The summed E-state index contributed by atoms with van der Waals surface area (Å²) in [5, 5.41) is 0. The first-order valence-electron chi connectivity index (χ1n) is 8.41. The summed E-state index contributed by atoms with van der Waals surface area (Å²) in [6.07, 6.45) is 5.61. The van der Waals surface area contributed by atoms with Crippen LogP contribution < -0.4 is 0 Å². The van der Waals surface area contributed by atoms with E-state index in [1.807, 2.05) is 26.0 Å². The second kappa shape index (κ2) is 5.97. The van der Waals surface area contributed by atoms with Gasteiger partial charge < -0.3 is 0 Å². The van der Waals surface area contributed by atoms with Crippen molar-refractivity contribution in [2.45, 2.75) is 39.5 Å². The molecule has 0 aliphatic heterocycles. The number of benzene rings is 1. The summed E-state index contributed by atoms with van der Waals surface area (Å²) in [5.41, 5.74) is 2.75. The molecule has 0 radical (unpaired) electrons. The van der Waals surface area contributed by atoms with E-state index in [2.05, 4.69) is 6.58 Å². The van der Waals surface area contributed by atoms with Crippen LogP contribution in [0, 0.1) is 11.3 Å². The first kappa shape index (κ1) is 16.6. The van der Waals surface area contributed by atoms with Crippen LogP contribution in [0.15, 0.2) is 42.5 Å². The van der Waals surface area contributed by atoms with E-state index in [0.29, 0.717) is 23.3 Å². The fraction of sp³-hybridized carbons (Fsp3) is 0.381. The highest BCUT2D eigenvalue weighted by atomic mass is 16.1. The van der Waals surface area contributed by atoms with Crippen LogP contribution in [0.4, 0.5) is 0 Å². The molecule has 3 nitrogen and oxygen atoms in total. The number of fused-ring (bicyclic) bond motifs is 1. The molecule has 0 amide bonds. The lowest BCUT2D eigenvalue weighted by molar-refractivity contribution is -0.130. The average Bonchev–Trinajstić information content (AvgIpc) is 2.55. The molecule has 1 atom stereocenters. The monoisotopic (exact) mass is 322 g/mol. The molecule has 1 saturated carbocycles. The molecule has 1 fully saturated rings. The molecule has 1 unspecified atom stereocenters. The summed E-state index contributed by atoms with van der Waals surface area (Å²) in [7, 11) is 0. The molecule has 0 N–H and O–H groups in total. The lowest BCUT2D eigenvalue weighted by Crippen LogP contribution is -2.38. The Kier molecular flexibility index (Phi) is 4.12. The normalized spacial score (nSPS) is 22.7. The molecule has 0 heterocycles. The summed E-state index contributed by atoms with van der Waals surface area (Å²) < 4.78 is 0. The molecule has 0 bridgehead atoms. The average molecular weight is 322 g/mol. The topological polar surface area (TPSA) is 51.2 Å². The Labute approximate surface area is 142 Å². The van der Waals surface area contributed by atoms with Crippen LogP contribution in [0.2, 0.25) is 0 Å². The van der Waals surface area contributed by atoms with Crippen molar-refractivity contribution in [2.75, 3.05) is 0 Å². The maximum Gasteiger partial charge on any atom is 0.186 e. The summed E-state index contributed by atoms with van der Waals surface area (Å²) in [5.74, 6) is 0.218. The van der Waals surface area contributed by atoms with E-state index in [0.717, 1.165) is 30.4 Å². The number of ketones is 3. The molecule has 124 valence electrons. The van der Waals surface area contributed by atoms with Gasteiger partial charge >= 0.3 is 0 Å². The van der Waals surface area contributed by atoms with Gasteiger partial charge in [-0.1, -0.05) is 38.1 Å². The summed E-state index contributed by atoms with van der Waals surface area (Å²) in [4.78, 5) is 36.0. The molecule has 0 spiro atoms. The van der Waals surface area contributed by atoms with Crippen LogP contribution in [0.5, 0.6) is 0 Å². The van der Waals surface area contributed by atoms with Crippen molar-refractivity contribution < 1.29 is 14.4 Å². The maximum absolute atomic E-state index is 12.2. The van der Waals surface area contributed by atoms with E-state index >= 15 is 0 Å². The summed E-state index contributed by atoms with van der Waals surface area (Å²) >= 11 is 0. The summed E-state index contributed by atoms with van der Waals surface area (Å²) in [6, 6.07) is 5.46. The molecule has 24 heavy (non-hydrogen) atoms. The van der Waals surface area contributed by atoms with Crippen LogP contribution in [0.3, 0.4) is 0 Å². The minimum atomic E-state index is -0.377. The fourth-order valence-electron chi connectivity index (χ4n) is 3.85. The molecule has 0 saturated heterocycles. The summed E-state index contributed by atoms with van der Waals surface area (Å²) in [6.45, 7) is 8.18. The quantitative estimate of drug-likeness (QED) is 0.787. The lowest BCUT2D eigenvalue weighted by Gasteiger charge is -2.39. The Morgan fingerprint density at radius 3 is 2.42 bits per heavy atom. The van der Waals surface area contributed by atoms with Crippen molar-refractivity contribution in [2.24, 2.45) is 11.3 Å². The van der Waals surface area contributed by atoms with Crippen molar-refractivity contribution in [3.05, 3.63) is 59.2 Å². The smallest absolute Gasteiger partial charge is 0.186 e. The van der Waals surface area contributed by atoms with Gasteiger partial charge in [0.2, 0.25) is 0 Å². The van der Waals surface area contributed by atoms with E-state index in [-0.39, 0.29) is 22.9 Å². The van der Waals surface area contributed by atoms with Gasteiger partial charge in [0.25, 0.3) is 0 Å². The highest BCUT2D eigenvalue weighted by Crippen LogP contribution is 2.43. The van der Waals surface area contributed by atoms with Crippen molar-refractivity contribution in [1.29, 1.82) is 0 Å². The van der Waals surface area contributed by atoms with Gasteiger partial charge in [0.05, 0.1) is 0 Å². The lowest BCUT2D eigenvalue weighted by atomic mass is 9.64. The third-order valence-electron chi connectivity index (χ3n) is 5.48. The van der Waals surface area contributed by atoms with Gasteiger partial charge in [-0.25, -0.2) is 0 Å². The van der Waals surface area contributed by atoms with E-state index in [4.69, 9.17) is 0 Å². The first-order valence-corrected chi connectivity index (χ1v) is 8.41. The van der Waals surface area contributed by atoms with Gasteiger partial charge in [0.15, 0.2) is 11.6 Å². The van der Waals surface area contributed by atoms with Crippen LogP contribution in [0.1, 0.15) is 59.4 Å². The Morgan fingerprint density at radius 1 is 1.04 bits per heavy atom. The molecular formula is C21H22O3. The molecule has 1 aromatic rings. The van der Waals surface area contributed by atoms with Gasteiger partial charge in [-0.3, -0.25) is 14.4 Å². The Balaban J connectivity index is 1.79. The number of hydrogen-bond donors (Lipinski definition) is 0. The molecular weight excluding hydrogens is 300 g/mol. The van der Waals surface area contributed by atoms with Crippen molar-refractivity contribution >= 4 is 17.3 Å². The predicted molar refractivity (Wildman–Crippen MR) is 93.2 cm³/mol. The second-order valence-electron chi connectivity index (χ2n) is 7.34. The van der Waals surface area contributed by atoms with Crippen LogP contribution in [-0.4, -0.2) is 17.3 Å². The second-order valence-corrected chi connectivity index (χ2v) is 7.34. The van der Waals surface area contributed by atoms with Crippen molar-refractivity contribution in [1.82, 2.24) is 0 Å². The first-order chi connectivity index (χ1) is 11.3. The predicted octanol–water partition coefficient (Wildman–Crippen LogP) is 4.12. The number of rotatable bonds is 3. The molecule has 3 rings (SSSR count). The van der Waals surface area contributed by atoms with Gasteiger partial charge in [0.1, 0.15) is 5.78 Å². The fourth-order valence-corrected chi connectivity index (χ4v) is 3.85. The third kappa shape index (κ3) is 2.79. The largest absolute Gasteiger partial charge is 0.299 e. The Morgan fingerprint density at radius 2 is 1.71 bits per heavy atom. The molecule has 2 aliphatic rings. The van der Waals surface area contributed by atoms with Gasteiger partial charge in [-0.05, 0) is 49.0 Å². The van der Waals surface area contributed by atoms with E-state index in [9.17, 15) is 14.4 Å². The van der Waals surface area contributed by atoms with Crippen molar-refractivity contribution in [3.63, 3.8) is 0 Å². The number of Topliss-reactive ketones (excluding diaryl/α,β-unsaturated/α-hetero) is 1. The number of hydrogen-bond acceptors (Lipinski definition) is 3. The standard InChI is InChI=1S/C21H22O3/c1-13-4-11-20(24)21(2,3)17(13)8-6-14-5-7-15-16(12-14)19(23)10-9-18(15)22/h5,7,9-10,12,17H,1,4,6,8,11H2,2-3H3. The number of carbonyl (C=O) groups is 3. The van der Waals surface area contributed by atoms with Crippen LogP contribution in [-0.2, 0) is 11.2 Å². The highest BCUT2D eigenvalue weighted by Gasteiger charge is 2.40. The number of aryl methyl sites for hydroxylation is 1. The van der Waals surface area contributed by atoms with E-state index < -0.39 is 0 Å². The molecule has 0 aromatic heterocycles. The molecule has 1 aromatic carbocycles. The minimum Gasteiger partial charge on any atom is -0.299 e. The molecule has 2 aliphatic carbocycles. The van der Waals surface area contributed by atoms with Gasteiger partial charge in [-0.15, -0.1) is 0 Å². The number of carbonyl (C=O) groups excluding carboxylic acids is 3. The zero-order valence-corrected chi connectivity index (χ0v) is 14.2. The maximum atomic E-state index is 12.2. The minimum absolute atomic E-state index is 0.121. The third-order valence-corrected chi connectivity index (χ3v) is 5.48. The van der Waals surface area contributed by atoms with Gasteiger partial charge in [0, 0.05) is 23.0 Å². The Hall–Kier alpha value is -2.29.